The average molecular weight is 270 g/mol. The van der Waals surface area contributed by atoms with Crippen LogP contribution in [0.15, 0.2) is 0 Å². The first-order chi connectivity index (χ1) is 8.87. The predicted octanol–water partition coefficient (Wildman–Crippen LogP) is 2.34. The Morgan fingerprint density at radius 3 is 2.42 bits per heavy atom. The number of carboxylic acids is 1. The molecule has 2 N–H and O–H groups in total. The molecule has 19 heavy (non-hydrogen) atoms. The highest BCUT2D eigenvalue weighted by atomic mass is 16.4. The van der Waals surface area contributed by atoms with Gasteiger partial charge in [0.2, 0.25) is 0 Å². The van der Waals surface area contributed by atoms with Gasteiger partial charge in [-0.15, -0.1) is 0 Å². The van der Waals surface area contributed by atoms with Crippen LogP contribution in [0.5, 0.6) is 0 Å². The highest BCUT2D eigenvalue weighted by Crippen LogP contribution is 2.23. The molecule has 1 atom stereocenters. The summed E-state index contributed by atoms with van der Waals surface area (Å²) in [6.45, 7) is 10.7. The van der Waals surface area contributed by atoms with Gasteiger partial charge < -0.3 is 10.0 Å². The second-order valence-electron chi connectivity index (χ2n) is 6.44. The summed E-state index contributed by atoms with van der Waals surface area (Å²) in [5.41, 5.74) is -0.842. The fourth-order valence-electron chi connectivity index (χ4n) is 3.10. The van der Waals surface area contributed by atoms with Crippen LogP contribution in [-0.4, -0.2) is 47.2 Å². The van der Waals surface area contributed by atoms with Crippen molar-refractivity contribution in [2.75, 3.05) is 19.6 Å². The van der Waals surface area contributed by atoms with E-state index in [9.17, 15) is 9.90 Å². The molecular weight excluding hydrogens is 240 g/mol. The van der Waals surface area contributed by atoms with Gasteiger partial charge in [0.15, 0.2) is 0 Å². The van der Waals surface area contributed by atoms with E-state index >= 15 is 0 Å². The first-order valence-electron chi connectivity index (χ1n) is 7.61. The summed E-state index contributed by atoms with van der Waals surface area (Å²) in [6.07, 6.45) is 5.00. The van der Waals surface area contributed by atoms with Gasteiger partial charge in [0.05, 0.1) is 0 Å². The minimum Gasteiger partial charge on any atom is -0.480 e. The molecule has 0 amide bonds. The lowest BCUT2D eigenvalue weighted by Gasteiger charge is -2.38. The van der Waals surface area contributed by atoms with E-state index in [0.717, 1.165) is 19.0 Å². The van der Waals surface area contributed by atoms with E-state index in [1.165, 1.54) is 25.7 Å². The Bertz CT molecular complexity index is 286. The van der Waals surface area contributed by atoms with E-state index in [-0.39, 0.29) is 6.04 Å². The van der Waals surface area contributed by atoms with Crippen molar-refractivity contribution in [3.63, 3.8) is 0 Å². The first-order valence-corrected chi connectivity index (χ1v) is 7.61. The number of rotatable bonds is 7. The average Bonchev–Trinajstić information content (AvgIpc) is 2.31. The summed E-state index contributed by atoms with van der Waals surface area (Å²) in [4.78, 5) is 13.8. The molecule has 1 saturated heterocycles. The third-order valence-corrected chi connectivity index (χ3v) is 4.02. The lowest BCUT2D eigenvalue weighted by molar-refractivity contribution is -0.145. The number of hydrogen-bond donors (Lipinski definition) is 2. The van der Waals surface area contributed by atoms with Gasteiger partial charge in [-0.2, -0.15) is 0 Å². The number of nitrogens with zero attached hydrogens (tertiary/aromatic N) is 1. The third-order valence-electron chi connectivity index (χ3n) is 4.02. The molecule has 1 heterocycles. The van der Waals surface area contributed by atoms with Crippen molar-refractivity contribution in [1.82, 2.24) is 10.2 Å². The standard InChI is InChI=1S/C15H30N2O2/c1-5-6-13-7-9-17(10-8-13)11-15(4,14(18)19)16-12(2)3/h12-13,16H,5-11H2,1-4H3,(H,18,19). The SMILES string of the molecule is CCCC1CCN(CC(C)(NC(C)C)C(=O)O)CC1. The quantitative estimate of drug-likeness (QED) is 0.745. The monoisotopic (exact) mass is 270 g/mol. The van der Waals surface area contributed by atoms with Gasteiger partial charge in [0.25, 0.3) is 0 Å². The Morgan fingerprint density at radius 1 is 1.42 bits per heavy atom. The fourth-order valence-corrected chi connectivity index (χ4v) is 3.10. The highest BCUT2D eigenvalue weighted by molar-refractivity contribution is 5.78. The molecule has 1 unspecified atom stereocenters. The number of piperidine rings is 1. The van der Waals surface area contributed by atoms with Crippen molar-refractivity contribution in [3.05, 3.63) is 0 Å². The van der Waals surface area contributed by atoms with Gasteiger partial charge in [-0.25, -0.2) is 0 Å². The minimum atomic E-state index is -0.842. The van der Waals surface area contributed by atoms with E-state index in [1.54, 1.807) is 6.92 Å². The molecule has 0 aromatic heterocycles. The lowest BCUT2D eigenvalue weighted by atomic mass is 9.91. The Balaban J connectivity index is 2.50. The molecule has 0 aromatic carbocycles. The maximum atomic E-state index is 11.5. The number of nitrogens with one attached hydrogen (secondary N) is 1. The van der Waals surface area contributed by atoms with Crippen molar-refractivity contribution in [3.8, 4) is 0 Å². The summed E-state index contributed by atoms with van der Waals surface area (Å²) in [5.74, 6) is 0.0901. The molecule has 0 aliphatic carbocycles. The maximum Gasteiger partial charge on any atom is 0.324 e. The van der Waals surface area contributed by atoms with E-state index < -0.39 is 11.5 Å². The minimum absolute atomic E-state index is 0.179. The van der Waals surface area contributed by atoms with Gasteiger partial charge >= 0.3 is 5.97 Å². The molecule has 0 saturated carbocycles. The first kappa shape index (κ1) is 16.4. The van der Waals surface area contributed by atoms with Gasteiger partial charge in [0.1, 0.15) is 5.54 Å². The van der Waals surface area contributed by atoms with Gasteiger partial charge in [-0.1, -0.05) is 19.8 Å². The van der Waals surface area contributed by atoms with Crippen LogP contribution in [0.4, 0.5) is 0 Å². The molecule has 0 aromatic rings. The van der Waals surface area contributed by atoms with Gasteiger partial charge in [-0.05, 0) is 52.6 Å². The number of hydrogen-bond acceptors (Lipinski definition) is 3. The van der Waals surface area contributed by atoms with Crippen LogP contribution in [0, 0.1) is 5.92 Å². The van der Waals surface area contributed by atoms with Crippen LogP contribution < -0.4 is 5.32 Å². The van der Waals surface area contributed by atoms with Crippen molar-refractivity contribution in [2.45, 2.75) is 65.0 Å². The Kier molecular flexibility index (Phi) is 6.27. The van der Waals surface area contributed by atoms with Crippen LogP contribution >= 0.6 is 0 Å². The van der Waals surface area contributed by atoms with E-state index in [0.29, 0.717) is 6.54 Å². The zero-order valence-corrected chi connectivity index (χ0v) is 12.9. The lowest BCUT2D eigenvalue weighted by Crippen LogP contribution is -2.59. The zero-order chi connectivity index (χ0) is 14.5. The van der Waals surface area contributed by atoms with Crippen molar-refractivity contribution < 1.29 is 9.90 Å². The third kappa shape index (κ3) is 5.11. The molecule has 0 radical (unpaired) electrons. The van der Waals surface area contributed by atoms with Crippen LogP contribution in [0.25, 0.3) is 0 Å². The van der Waals surface area contributed by atoms with Crippen LogP contribution in [0.1, 0.15) is 53.4 Å². The summed E-state index contributed by atoms with van der Waals surface area (Å²) in [6, 6.07) is 0.179. The number of carbonyl (C=O) groups is 1. The van der Waals surface area contributed by atoms with Crippen LogP contribution in [-0.2, 0) is 4.79 Å². The van der Waals surface area contributed by atoms with Crippen molar-refractivity contribution in [1.29, 1.82) is 0 Å². The fraction of sp³-hybridized carbons (Fsp3) is 0.933. The second-order valence-corrected chi connectivity index (χ2v) is 6.44. The molecule has 0 spiro atoms. The normalized spacial score (nSPS) is 21.5. The summed E-state index contributed by atoms with van der Waals surface area (Å²) in [7, 11) is 0. The van der Waals surface area contributed by atoms with Crippen molar-refractivity contribution in [2.24, 2.45) is 5.92 Å². The zero-order valence-electron chi connectivity index (χ0n) is 12.9. The smallest absolute Gasteiger partial charge is 0.324 e. The Labute approximate surface area is 117 Å². The van der Waals surface area contributed by atoms with E-state index in [4.69, 9.17) is 0 Å². The summed E-state index contributed by atoms with van der Waals surface area (Å²) < 4.78 is 0. The summed E-state index contributed by atoms with van der Waals surface area (Å²) in [5, 5.41) is 12.7. The topological polar surface area (TPSA) is 52.6 Å². The molecule has 1 fully saturated rings. The Morgan fingerprint density at radius 2 is 2.00 bits per heavy atom. The molecule has 1 rings (SSSR count). The largest absolute Gasteiger partial charge is 0.480 e. The predicted molar refractivity (Wildman–Crippen MR) is 78.4 cm³/mol. The number of carboxylic acid groups (broad SMARTS) is 1. The van der Waals surface area contributed by atoms with E-state index in [2.05, 4.69) is 17.1 Å². The molecule has 112 valence electrons. The molecule has 4 nitrogen and oxygen atoms in total. The number of aliphatic carboxylic acids is 1. The van der Waals surface area contributed by atoms with Crippen LogP contribution in [0.2, 0.25) is 0 Å². The summed E-state index contributed by atoms with van der Waals surface area (Å²) >= 11 is 0. The molecular formula is C15H30N2O2. The molecule has 4 heteroatoms. The molecule has 1 aliphatic heterocycles. The number of likely N-dealkylation sites (tertiary alicyclic amines) is 1. The van der Waals surface area contributed by atoms with Crippen LogP contribution in [0.3, 0.4) is 0 Å². The van der Waals surface area contributed by atoms with E-state index in [1.807, 2.05) is 13.8 Å². The molecule has 1 aliphatic rings. The highest BCUT2D eigenvalue weighted by Gasteiger charge is 2.36. The van der Waals surface area contributed by atoms with Gasteiger partial charge in [0, 0.05) is 12.6 Å². The molecule has 0 bridgehead atoms. The van der Waals surface area contributed by atoms with Gasteiger partial charge in [-0.3, -0.25) is 10.1 Å². The van der Waals surface area contributed by atoms with Crippen molar-refractivity contribution >= 4 is 5.97 Å². The Hall–Kier alpha value is -0.610. The second kappa shape index (κ2) is 7.25. The maximum absolute atomic E-state index is 11.5.